The van der Waals surface area contributed by atoms with Crippen LogP contribution in [0.3, 0.4) is 0 Å². The maximum absolute atomic E-state index is 12.0. The van der Waals surface area contributed by atoms with Crippen molar-refractivity contribution in [3.05, 3.63) is 48.3 Å². The highest BCUT2D eigenvalue weighted by molar-refractivity contribution is 6.03. The molecular weight excluding hydrogens is 254 g/mol. The minimum atomic E-state index is -0.285. The summed E-state index contributed by atoms with van der Waals surface area (Å²) < 4.78 is 0. The fraction of sp³-hybridized carbons (Fsp3) is 0.143. The third-order valence-corrected chi connectivity index (χ3v) is 2.92. The van der Waals surface area contributed by atoms with E-state index < -0.39 is 0 Å². The third-order valence-electron chi connectivity index (χ3n) is 2.92. The van der Waals surface area contributed by atoms with Gasteiger partial charge in [0.15, 0.2) is 0 Å². The van der Waals surface area contributed by atoms with Crippen LogP contribution in [-0.4, -0.2) is 25.8 Å². The molecule has 0 fully saturated rings. The average molecular weight is 267 g/mol. The topological polar surface area (TPSA) is 83.6 Å². The fourth-order valence-corrected chi connectivity index (χ4v) is 1.92. The van der Waals surface area contributed by atoms with Crippen molar-refractivity contribution in [1.82, 2.24) is 19.9 Å². The van der Waals surface area contributed by atoms with Gasteiger partial charge in [-0.15, -0.1) is 0 Å². The van der Waals surface area contributed by atoms with E-state index in [2.05, 4.69) is 25.3 Å². The Balaban J connectivity index is 1.85. The molecule has 0 aliphatic rings. The number of anilines is 1. The number of hydrogen-bond acceptors (Lipinski definition) is 4. The summed E-state index contributed by atoms with van der Waals surface area (Å²) >= 11 is 0. The van der Waals surface area contributed by atoms with Gasteiger partial charge in [-0.1, -0.05) is 6.92 Å². The Hall–Kier alpha value is -2.76. The fourth-order valence-electron chi connectivity index (χ4n) is 1.92. The zero-order valence-corrected chi connectivity index (χ0v) is 10.9. The van der Waals surface area contributed by atoms with E-state index in [9.17, 15) is 4.79 Å². The van der Waals surface area contributed by atoms with Crippen molar-refractivity contribution in [1.29, 1.82) is 0 Å². The van der Waals surface area contributed by atoms with Gasteiger partial charge in [0.2, 0.25) is 0 Å². The molecule has 6 heteroatoms. The van der Waals surface area contributed by atoms with Crippen LogP contribution in [0.2, 0.25) is 0 Å². The van der Waals surface area contributed by atoms with E-state index in [0.29, 0.717) is 5.69 Å². The molecule has 0 aliphatic carbocycles. The zero-order chi connectivity index (χ0) is 13.9. The second kappa shape index (κ2) is 5.08. The number of benzene rings is 1. The van der Waals surface area contributed by atoms with E-state index in [1.54, 1.807) is 0 Å². The van der Waals surface area contributed by atoms with E-state index in [-0.39, 0.29) is 11.6 Å². The smallest absolute Gasteiger partial charge is 0.275 e. The quantitative estimate of drug-likeness (QED) is 0.761. The number of aromatic nitrogens is 4. The summed E-state index contributed by atoms with van der Waals surface area (Å²) in [6.07, 6.45) is 5.29. The summed E-state index contributed by atoms with van der Waals surface area (Å²) in [6, 6.07) is 5.55. The number of nitrogens with one attached hydrogen (secondary N) is 2. The van der Waals surface area contributed by atoms with Crippen LogP contribution in [-0.2, 0) is 6.42 Å². The van der Waals surface area contributed by atoms with E-state index in [0.717, 1.165) is 23.3 Å². The number of aryl methyl sites for hydroxylation is 1. The number of fused-ring (bicyclic) bond motifs is 1. The Morgan fingerprint density at radius 3 is 3.00 bits per heavy atom. The third kappa shape index (κ3) is 2.35. The monoisotopic (exact) mass is 267 g/mol. The molecule has 0 saturated carbocycles. The second-order valence-corrected chi connectivity index (χ2v) is 4.31. The summed E-state index contributed by atoms with van der Waals surface area (Å²) in [5.41, 5.74) is 2.77. The molecule has 2 aromatic heterocycles. The molecule has 0 radical (unpaired) electrons. The molecule has 6 nitrogen and oxygen atoms in total. The Labute approximate surface area is 115 Å². The molecule has 0 atom stereocenters. The normalized spacial score (nSPS) is 10.7. The van der Waals surface area contributed by atoms with Gasteiger partial charge in [0, 0.05) is 24.5 Å². The van der Waals surface area contributed by atoms with Crippen molar-refractivity contribution in [2.75, 3.05) is 5.32 Å². The molecule has 3 aromatic rings. The lowest BCUT2D eigenvalue weighted by molar-refractivity contribution is 0.102. The van der Waals surface area contributed by atoms with Crippen molar-refractivity contribution in [2.24, 2.45) is 0 Å². The number of aromatic amines is 1. The zero-order valence-electron chi connectivity index (χ0n) is 10.9. The van der Waals surface area contributed by atoms with Crippen LogP contribution >= 0.6 is 0 Å². The molecule has 20 heavy (non-hydrogen) atoms. The van der Waals surface area contributed by atoms with Crippen molar-refractivity contribution in [3.8, 4) is 0 Å². The number of carbonyl (C=O) groups excluding carboxylic acids is 1. The second-order valence-electron chi connectivity index (χ2n) is 4.31. The number of amides is 1. The molecule has 0 aliphatic heterocycles. The van der Waals surface area contributed by atoms with Gasteiger partial charge in [-0.05, 0) is 18.2 Å². The van der Waals surface area contributed by atoms with Crippen LogP contribution < -0.4 is 5.32 Å². The maximum Gasteiger partial charge on any atom is 0.275 e. The summed E-state index contributed by atoms with van der Waals surface area (Å²) in [6.45, 7) is 2.04. The summed E-state index contributed by atoms with van der Waals surface area (Å²) in [5, 5.41) is 2.79. The van der Waals surface area contributed by atoms with Crippen LogP contribution in [0.5, 0.6) is 0 Å². The van der Waals surface area contributed by atoms with Gasteiger partial charge in [-0.2, -0.15) is 0 Å². The number of nitrogens with zero attached hydrogens (tertiary/aromatic N) is 3. The Bertz CT molecular complexity index is 751. The van der Waals surface area contributed by atoms with Crippen molar-refractivity contribution in [3.63, 3.8) is 0 Å². The lowest BCUT2D eigenvalue weighted by Gasteiger charge is -2.03. The van der Waals surface area contributed by atoms with E-state index in [1.165, 1.54) is 18.6 Å². The summed E-state index contributed by atoms with van der Waals surface area (Å²) in [5.74, 6) is 0.644. The van der Waals surface area contributed by atoms with Gasteiger partial charge >= 0.3 is 0 Å². The molecular formula is C14H13N5O. The highest BCUT2D eigenvalue weighted by atomic mass is 16.1. The van der Waals surface area contributed by atoms with Gasteiger partial charge < -0.3 is 10.3 Å². The van der Waals surface area contributed by atoms with Crippen LogP contribution in [0, 0.1) is 0 Å². The maximum atomic E-state index is 12.0. The van der Waals surface area contributed by atoms with Crippen LogP contribution in [0.25, 0.3) is 11.0 Å². The molecule has 100 valence electrons. The lowest BCUT2D eigenvalue weighted by Crippen LogP contribution is -2.13. The van der Waals surface area contributed by atoms with Gasteiger partial charge in [-0.25, -0.2) is 9.97 Å². The predicted octanol–water partition coefficient (Wildman–Crippen LogP) is 2.17. The van der Waals surface area contributed by atoms with E-state index >= 15 is 0 Å². The first-order valence-corrected chi connectivity index (χ1v) is 6.32. The number of imidazole rings is 1. The predicted molar refractivity (Wildman–Crippen MR) is 75.5 cm³/mol. The highest BCUT2D eigenvalue weighted by Crippen LogP contribution is 2.17. The Kier molecular flexibility index (Phi) is 3.12. The van der Waals surface area contributed by atoms with Crippen LogP contribution in [0.1, 0.15) is 23.2 Å². The number of hydrogen-bond donors (Lipinski definition) is 2. The summed E-state index contributed by atoms with van der Waals surface area (Å²) in [4.78, 5) is 27.4. The largest absolute Gasteiger partial charge is 0.342 e. The first-order valence-electron chi connectivity index (χ1n) is 6.32. The van der Waals surface area contributed by atoms with Gasteiger partial charge in [0.1, 0.15) is 11.5 Å². The Morgan fingerprint density at radius 1 is 1.35 bits per heavy atom. The SMILES string of the molecule is CCc1nc2ccc(NC(=O)c3cnccn3)cc2[nH]1. The van der Waals surface area contributed by atoms with E-state index in [4.69, 9.17) is 0 Å². The molecule has 0 spiro atoms. The molecule has 3 rings (SSSR count). The Morgan fingerprint density at radius 2 is 2.25 bits per heavy atom. The average Bonchev–Trinajstić information content (AvgIpc) is 2.90. The molecule has 1 amide bonds. The van der Waals surface area contributed by atoms with Crippen molar-refractivity contribution < 1.29 is 4.79 Å². The molecule has 2 N–H and O–H groups in total. The van der Waals surface area contributed by atoms with Gasteiger partial charge in [0.05, 0.1) is 17.2 Å². The molecule has 0 saturated heterocycles. The number of carbonyl (C=O) groups is 1. The van der Waals surface area contributed by atoms with Crippen LogP contribution in [0.15, 0.2) is 36.8 Å². The van der Waals surface area contributed by atoms with E-state index in [1.807, 2.05) is 25.1 Å². The van der Waals surface area contributed by atoms with Gasteiger partial charge in [-0.3, -0.25) is 9.78 Å². The molecule has 2 heterocycles. The lowest BCUT2D eigenvalue weighted by atomic mass is 10.2. The molecule has 0 unspecified atom stereocenters. The minimum absolute atomic E-state index is 0.284. The van der Waals surface area contributed by atoms with Crippen molar-refractivity contribution >= 4 is 22.6 Å². The highest BCUT2D eigenvalue weighted by Gasteiger charge is 2.08. The first-order chi connectivity index (χ1) is 9.76. The van der Waals surface area contributed by atoms with Gasteiger partial charge in [0.25, 0.3) is 5.91 Å². The first kappa shape index (κ1) is 12.3. The van der Waals surface area contributed by atoms with Crippen LogP contribution in [0.4, 0.5) is 5.69 Å². The van der Waals surface area contributed by atoms with Crippen molar-refractivity contribution in [2.45, 2.75) is 13.3 Å². The number of rotatable bonds is 3. The molecule has 1 aromatic carbocycles. The standard InChI is InChI=1S/C14H13N5O/c1-2-13-18-10-4-3-9(7-11(10)19-13)17-14(20)12-8-15-5-6-16-12/h3-8H,2H2,1H3,(H,17,20)(H,18,19). The minimum Gasteiger partial charge on any atom is -0.342 e. The molecule has 0 bridgehead atoms. The summed E-state index contributed by atoms with van der Waals surface area (Å²) in [7, 11) is 0. The number of H-pyrrole nitrogens is 1.